The Morgan fingerprint density at radius 2 is 2.00 bits per heavy atom. The van der Waals surface area contributed by atoms with E-state index in [1.54, 1.807) is 12.1 Å². The summed E-state index contributed by atoms with van der Waals surface area (Å²) in [5, 5.41) is 17.7. The van der Waals surface area contributed by atoms with Crippen molar-refractivity contribution in [2.24, 2.45) is 5.41 Å². The molecular formula is C14H16N2O. The van der Waals surface area contributed by atoms with Gasteiger partial charge in [0.05, 0.1) is 29.7 Å². The predicted molar refractivity (Wildman–Crippen MR) is 65.4 cm³/mol. The van der Waals surface area contributed by atoms with Crippen LogP contribution in [0.25, 0.3) is 0 Å². The van der Waals surface area contributed by atoms with Crippen molar-refractivity contribution in [3.05, 3.63) is 29.3 Å². The summed E-state index contributed by atoms with van der Waals surface area (Å²) in [5.74, 6) is 0.720. The molecule has 0 saturated heterocycles. The van der Waals surface area contributed by atoms with E-state index in [2.05, 4.69) is 12.1 Å². The largest absolute Gasteiger partial charge is 0.493 e. The lowest BCUT2D eigenvalue weighted by Gasteiger charge is -2.16. The zero-order valence-corrected chi connectivity index (χ0v) is 10.4. The smallest absolute Gasteiger partial charge is 0.123 e. The summed E-state index contributed by atoms with van der Waals surface area (Å²) in [6.45, 7) is 6.19. The Labute approximate surface area is 102 Å². The second kappa shape index (κ2) is 5.37. The molecule has 0 bridgehead atoms. The molecular weight excluding hydrogens is 212 g/mol. The second-order valence-corrected chi connectivity index (χ2v) is 4.69. The minimum Gasteiger partial charge on any atom is -0.493 e. The van der Waals surface area contributed by atoms with Crippen LogP contribution < -0.4 is 4.74 Å². The van der Waals surface area contributed by atoms with Crippen molar-refractivity contribution in [1.29, 1.82) is 10.5 Å². The topological polar surface area (TPSA) is 56.8 Å². The van der Waals surface area contributed by atoms with Gasteiger partial charge in [-0.05, 0) is 44.9 Å². The van der Waals surface area contributed by atoms with Gasteiger partial charge >= 0.3 is 0 Å². The Balaban J connectivity index is 2.65. The van der Waals surface area contributed by atoms with Crippen molar-refractivity contribution in [1.82, 2.24) is 0 Å². The van der Waals surface area contributed by atoms with Crippen LogP contribution in [0.1, 0.15) is 31.4 Å². The van der Waals surface area contributed by atoms with Crippen LogP contribution in [0.3, 0.4) is 0 Å². The molecule has 0 aliphatic carbocycles. The van der Waals surface area contributed by atoms with E-state index in [1.165, 1.54) is 0 Å². The minimum atomic E-state index is -0.374. The maximum Gasteiger partial charge on any atom is 0.123 e. The van der Waals surface area contributed by atoms with Gasteiger partial charge in [-0.15, -0.1) is 0 Å². The van der Waals surface area contributed by atoms with Gasteiger partial charge in [0, 0.05) is 0 Å². The van der Waals surface area contributed by atoms with E-state index >= 15 is 0 Å². The van der Waals surface area contributed by atoms with E-state index in [0.717, 1.165) is 11.3 Å². The standard InChI is InChI=1S/C14H16N2O/c1-11-4-5-12(9-15)8-13(11)17-7-6-14(2,3)10-16/h4-5,8H,6-7H2,1-3H3. The van der Waals surface area contributed by atoms with E-state index in [-0.39, 0.29) is 5.41 Å². The van der Waals surface area contributed by atoms with Crippen LogP contribution in [0.5, 0.6) is 5.75 Å². The first-order valence-electron chi connectivity index (χ1n) is 5.53. The molecule has 1 aromatic carbocycles. The summed E-state index contributed by atoms with van der Waals surface area (Å²) in [4.78, 5) is 0. The third kappa shape index (κ3) is 3.81. The number of nitriles is 2. The van der Waals surface area contributed by atoms with Crippen molar-refractivity contribution < 1.29 is 4.74 Å². The third-order valence-electron chi connectivity index (χ3n) is 2.60. The first kappa shape index (κ1) is 13.1. The Bertz CT molecular complexity index is 478. The molecule has 1 rings (SSSR count). The molecule has 1 aromatic rings. The zero-order valence-electron chi connectivity index (χ0n) is 10.4. The molecule has 0 atom stereocenters. The van der Waals surface area contributed by atoms with Crippen molar-refractivity contribution in [2.75, 3.05) is 6.61 Å². The summed E-state index contributed by atoms with van der Waals surface area (Å²) in [7, 11) is 0. The molecule has 0 saturated carbocycles. The lowest BCUT2D eigenvalue weighted by atomic mass is 9.92. The fourth-order valence-electron chi connectivity index (χ4n) is 1.30. The van der Waals surface area contributed by atoms with Crippen LogP contribution in [-0.2, 0) is 0 Å². The van der Waals surface area contributed by atoms with E-state index in [9.17, 15) is 0 Å². The summed E-state index contributed by atoms with van der Waals surface area (Å²) >= 11 is 0. The summed E-state index contributed by atoms with van der Waals surface area (Å²) in [6, 6.07) is 9.67. The fourth-order valence-corrected chi connectivity index (χ4v) is 1.30. The molecule has 0 amide bonds. The molecule has 0 spiro atoms. The van der Waals surface area contributed by atoms with Gasteiger partial charge in [-0.1, -0.05) is 6.07 Å². The maximum absolute atomic E-state index is 8.88. The lowest BCUT2D eigenvalue weighted by Crippen LogP contribution is -2.13. The molecule has 0 N–H and O–H groups in total. The highest BCUT2D eigenvalue weighted by molar-refractivity contribution is 5.41. The van der Waals surface area contributed by atoms with Gasteiger partial charge in [0.2, 0.25) is 0 Å². The van der Waals surface area contributed by atoms with Crippen LogP contribution in [0.15, 0.2) is 18.2 Å². The van der Waals surface area contributed by atoms with Crippen LogP contribution in [0, 0.1) is 35.0 Å². The Hall–Kier alpha value is -2.00. The lowest BCUT2D eigenvalue weighted by molar-refractivity contribution is 0.263. The van der Waals surface area contributed by atoms with Gasteiger partial charge in [0.15, 0.2) is 0 Å². The summed E-state index contributed by atoms with van der Waals surface area (Å²) < 4.78 is 5.61. The summed E-state index contributed by atoms with van der Waals surface area (Å²) in [6.07, 6.45) is 0.666. The van der Waals surface area contributed by atoms with Crippen molar-refractivity contribution >= 4 is 0 Å². The molecule has 0 aromatic heterocycles. The molecule has 17 heavy (non-hydrogen) atoms. The molecule has 0 unspecified atom stereocenters. The minimum absolute atomic E-state index is 0.374. The van der Waals surface area contributed by atoms with Gasteiger partial charge < -0.3 is 4.74 Å². The maximum atomic E-state index is 8.88. The van der Waals surface area contributed by atoms with Crippen molar-refractivity contribution in [2.45, 2.75) is 27.2 Å². The number of hydrogen-bond donors (Lipinski definition) is 0. The Kier molecular flexibility index (Phi) is 4.12. The van der Waals surface area contributed by atoms with Crippen LogP contribution in [-0.4, -0.2) is 6.61 Å². The molecule has 0 heterocycles. The summed E-state index contributed by atoms with van der Waals surface area (Å²) in [5.41, 5.74) is 1.21. The van der Waals surface area contributed by atoms with Crippen molar-refractivity contribution in [3.8, 4) is 17.9 Å². The van der Waals surface area contributed by atoms with Gasteiger partial charge in [-0.2, -0.15) is 10.5 Å². The quantitative estimate of drug-likeness (QED) is 0.795. The van der Waals surface area contributed by atoms with E-state index in [1.807, 2.05) is 26.8 Å². The van der Waals surface area contributed by atoms with E-state index < -0.39 is 0 Å². The van der Waals surface area contributed by atoms with Crippen LogP contribution >= 0.6 is 0 Å². The Morgan fingerprint density at radius 1 is 1.29 bits per heavy atom. The number of aryl methyl sites for hydroxylation is 1. The van der Waals surface area contributed by atoms with E-state index in [0.29, 0.717) is 18.6 Å². The van der Waals surface area contributed by atoms with E-state index in [4.69, 9.17) is 15.3 Å². The fraction of sp³-hybridized carbons (Fsp3) is 0.429. The van der Waals surface area contributed by atoms with Crippen LogP contribution in [0.2, 0.25) is 0 Å². The number of hydrogen-bond acceptors (Lipinski definition) is 3. The monoisotopic (exact) mass is 228 g/mol. The first-order chi connectivity index (χ1) is 7.98. The van der Waals surface area contributed by atoms with Crippen molar-refractivity contribution in [3.63, 3.8) is 0 Å². The molecule has 3 heteroatoms. The second-order valence-electron chi connectivity index (χ2n) is 4.69. The number of ether oxygens (including phenoxy) is 1. The SMILES string of the molecule is Cc1ccc(C#N)cc1OCCC(C)(C)C#N. The number of benzene rings is 1. The van der Waals surface area contributed by atoms with Gasteiger partial charge in [0.1, 0.15) is 5.75 Å². The molecule has 0 aliphatic heterocycles. The average Bonchev–Trinajstić information content (AvgIpc) is 2.31. The molecule has 0 aliphatic rings. The highest BCUT2D eigenvalue weighted by Gasteiger charge is 2.16. The van der Waals surface area contributed by atoms with Gasteiger partial charge in [0.25, 0.3) is 0 Å². The first-order valence-corrected chi connectivity index (χ1v) is 5.53. The van der Waals surface area contributed by atoms with Gasteiger partial charge in [-0.25, -0.2) is 0 Å². The zero-order chi connectivity index (χ0) is 12.9. The molecule has 0 fully saturated rings. The Morgan fingerprint density at radius 3 is 2.59 bits per heavy atom. The molecule has 88 valence electrons. The average molecular weight is 228 g/mol. The number of nitrogens with zero attached hydrogens (tertiary/aromatic N) is 2. The highest BCUT2D eigenvalue weighted by Crippen LogP contribution is 2.22. The normalized spacial score (nSPS) is 10.4. The highest BCUT2D eigenvalue weighted by atomic mass is 16.5. The van der Waals surface area contributed by atoms with Gasteiger partial charge in [-0.3, -0.25) is 0 Å². The third-order valence-corrected chi connectivity index (χ3v) is 2.60. The number of rotatable bonds is 4. The van der Waals surface area contributed by atoms with Crippen LogP contribution in [0.4, 0.5) is 0 Å². The molecule has 3 nitrogen and oxygen atoms in total. The molecule has 0 radical (unpaired) electrons. The predicted octanol–water partition coefficient (Wildman–Crippen LogP) is 3.19.